The molecule has 5 rings (SSSR count). The van der Waals surface area contributed by atoms with Crippen LogP contribution >= 0.6 is 0 Å². The molecule has 40 heavy (non-hydrogen) atoms. The van der Waals surface area contributed by atoms with Gasteiger partial charge >= 0.3 is 16.2 Å². The lowest BCUT2D eigenvalue weighted by atomic mass is 9.93. The summed E-state index contributed by atoms with van der Waals surface area (Å²) < 4.78 is 33.9. The minimum absolute atomic E-state index is 0.0403. The van der Waals surface area contributed by atoms with Crippen molar-refractivity contribution in [2.24, 2.45) is 0 Å². The monoisotopic (exact) mass is 559 g/mol. The molecule has 0 bridgehead atoms. The van der Waals surface area contributed by atoms with Crippen LogP contribution < -0.4 is 4.72 Å². The standard InChI is InChI=1S/C29H25N3O7S/c1-19(30-40(37,38)32-28(35)23-13-7-8-14-24(23)29(32)36)27(34)31-16-15-21-11-5-6-12-22(21)25(31)17-26(33)39-18-20-9-3-2-4-10-20/h2-16,19,25,30H,17-18H2,1H3/t19-,25?/m0/s1. The highest BCUT2D eigenvalue weighted by Gasteiger charge is 2.44. The van der Waals surface area contributed by atoms with Crippen LogP contribution in [0.2, 0.25) is 0 Å². The maximum Gasteiger partial charge on any atom is 0.311 e. The van der Waals surface area contributed by atoms with E-state index in [0.717, 1.165) is 11.1 Å². The first-order chi connectivity index (χ1) is 19.2. The summed E-state index contributed by atoms with van der Waals surface area (Å²) in [6.07, 6.45) is 2.98. The van der Waals surface area contributed by atoms with E-state index in [1.165, 1.54) is 42.3 Å². The highest BCUT2D eigenvalue weighted by molar-refractivity contribution is 7.88. The van der Waals surface area contributed by atoms with Crippen LogP contribution in [0.15, 0.2) is 85.1 Å². The van der Waals surface area contributed by atoms with E-state index in [2.05, 4.69) is 4.72 Å². The molecule has 0 saturated carbocycles. The van der Waals surface area contributed by atoms with E-state index in [-0.39, 0.29) is 28.5 Å². The minimum Gasteiger partial charge on any atom is -0.461 e. The second-order valence-corrected chi connectivity index (χ2v) is 10.9. The molecule has 11 heteroatoms. The smallest absolute Gasteiger partial charge is 0.311 e. The van der Waals surface area contributed by atoms with Gasteiger partial charge < -0.3 is 9.64 Å². The van der Waals surface area contributed by atoms with E-state index in [4.69, 9.17) is 4.74 Å². The van der Waals surface area contributed by atoms with E-state index in [1.807, 2.05) is 42.5 Å². The van der Waals surface area contributed by atoms with Gasteiger partial charge in [0.05, 0.1) is 29.6 Å². The van der Waals surface area contributed by atoms with Crippen molar-refractivity contribution >= 4 is 40.0 Å². The molecule has 1 N–H and O–H groups in total. The van der Waals surface area contributed by atoms with Gasteiger partial charge in [0.25, 0.3) is 11.8 Å². The number of rotatable bonds is 8. The SMILES string of the molecule is C[C@H](NS(=O)(=O)N1C(=O)c2ccccc2C1=O)C(=O)N1C=Cc2ccccc2C1CC(=O)OCc1ccccc1. The predicted molar refractivity (Wildman–Crippen MR) is 144 cm³/mol. The van der Waals surface area contributed by atoms with Crippen LogP contribution in [-0.4, -0.2) is 47.4 Å². The van der Waals surface area contributed by atoms with E-state index in [1.54, 1.807) is 18.2 Å². The average Bonchev–Trinajstić information content (AvgIpc) is 3.22. The number of amides is 3. The molecule has 0 radical (unpaired) electrons. The Bertz CT molecular complexity index is 1600. The van der Waals surface area contributed by atoms with E-state index in [9.17, 15) is 27.6 Å². The third-order valence-electron chi connectivity index (χ3n) is 6.66. The van der Waals surface area contributed by atoms with Crippen LogP contribution in [-0.2, 0) is 31.1 Å². The number of benzene rings is 3. The molecule has 0 fully saturated rings. The quantitative estimate of drug-likeness (QED) is 0.331. The molecular weight excluding hydrogens is 534 g/mol. The zero-order chi connectivity index (χ0) is 28.4. The van der Waals surface area contributed by atoms with Crippen LogP contribution in [0, 0.1) is 0 Å². The van der Waals surface area contributed by atoms with Gasteiger partial charge in [-0.25, -0.2) is 0 Å². The topological polar surface area (TPSA) is 130 Å². The second kappa shape index (κ2) is 10.9. The lowest BCUT2D eigenvalue weighted by Gasteiger charge is -2.34. The number of carbonyl (C=O) groups excluding carboxylic acids is 4. The van der Waals surface area contributed by atoms with Gasteiger partial charge in [-0.05, 0) is 41.8 Å². The van der Waals surface area contributed by atoms with Crippen LogP contribution in [0.3, 0.4) is 0 Å². The first kappa shape index (κ1) is 27.0. The van der Waals surface area contributed by atoms with Crippen molar-refractivity contribution in [2.75, 3.05) is 0 Å². The first-order valence-corrected chi connectivity index (χ1v) is 13.9. The fraction of sp³-hybridized carbons (Fsp3) is 0.172. The third-order valence-corrected chi connectivity index (χ3v) is 8.12. The Kier molecular flexibility index (Phi) is 7.33. The summed E-state index contributed by atoms with van der Waals surface area (Å²) >= 11 is 0. The summed E-state index contributed by atoms with van der Waals surface area (Å²) in [5.41, 5.74) is 2.21. The zero-order valence-corrected chi connectivity index (χ0v) is 22.2. The Morgan fingerprint density at radius 3 is 2.17 bits per heavy atom. The molecular formula is C29H25N3O7S. The number of fused-ring (bicyclic) bond motifs is 2. The molecule has 204 valence electrons. The van der Waals surface area contributed by atoms with Gasteiger partial charge in [-0.2, -0.15) is 17.4 Å². The fourth-order valence-electron chi connectivity index (χ4n) is 4.71. The molecule has 0 aromatic heterocycles. The van der Waals surface area contributed by atoms with E-state index < -0.39 is 46.0 Å². The molecule has 2 aliphatic heterocycles. The molecule has 2 aliphatic rings. The number of hydrogen-bond acceptors (Lipinski definition) is 7. The molecule has 10 nitrogen and oxygen atoms in total. The number of imide groups is 1. The van der Waals surface area contributed by atoms with Crippen molar-refractivity contribution in [1.29, 1.82) is 0 Å². The number of esters is 1. The van der Waals surface area contributed by atoms with Crippen LogP contribution in [0.4, 0.5) is 0 Å². The van der Waals surface area contributed by atoms with Crippen molar-refractivity contribution in [2.45, 2.75) is 32.0 Å². The lowest BCUT2D eigenvalue weighted by molar-refractivity contribution is -0.147. The van der Waals surface area contributed by atoms with Crippen LogP contribution in [0.1, 0.15) is 56.8 Å². The Morgan fingerprint density at radius 1 is 0.900 bits per heavy atom. The molecule has 2 heterocycles. The Morgan fingerprint density at radius 2 is 1.50 bits per heavy atom. The predicted octanol–water partition coefficient (Wildman–Crippen LogP) is 3.19. The molecule has 2 atom stereocenters. The number of nitrogens with zero attached hydrogens (tertiary/aromatic N) is 2. The summed E-state index contributed by atoms with van der Waals surface area (Å²) in [6, 6.07) is 20.0. The minimum atomic E-state index is -4.73. The van der Waals surface area contributed by atoms with Gasteiger partial charge in [-0.3, -0.25) is 19.2 Å². The molecule has 0 saturated heterocycles. The summed E-state index contributed by atoms with van der Waals surface area (Å²) in [7, 11) is -4.73. The van der Waals surface area contributed by atoms with Gasteiger partial charge in [0.1, 0.15) is 6.61 Å². The van der Waals surface area contributed by atoms with Crippen molar-refractivity contribution in [3.8, 4) is 0 Å². The molecule has 0 spiro atoms. The normalized spacial score (nSPS) is 16.9. The highest BCUT2D eigenvalue weighted by Crippen LogP contribution is 2.34. The fourth-order valence-corrected chi connectivity index (χ4v) is 5.99. The van der Waals surface area contributed by atoms with Crippen LogP contribution in [0.5, 0.6) is 0 Å². The Balaban J connectivity index is 1.33. The molecule has 1 unspecified atom stereocenters. The maximum atomic E-state index is 13.6. The van der Waals surface area contributed by atoms with Gasteiger partial charge in [-0.15, -0.1) is 0 Å². The summed E-state index contributed by atoms with van der Waals surface area (Å²) in [6.45, 7) is 1.37. The van der Waals surface area contributed by atoms with Crippen molar-refractivity contribution < 1.29 is 32.3 Å². The van der Waals surface area contributed by atoms with Crippen molar-refractivity contribution in [1.82, 2.24) is 13.9 Å². The summed E-state index contributed by atoms with van der Waals surface area (Å²) in [5, 5.41) is 0. The Hall–Kier alpha value is -4.61. The highest BCUT2D eigenvalue weighted by atomic mass is 32.2. The van der Waals surface area contributed by atoms with Crippen molar-refractivity contribution in [3.05, 3.63) is 113 Å². The molecule has 3 amide bonds. The summed E-state index contributed by atoms with van der Waals surface area (Å²) in [4.78, 5) is 53.1. The largest absolute Gasteiger partial charge is 0.461 e. The average molecular weight is 560 g/mol. The maximum absolute atomic E-state index is 13.6. The van der Waals surface area contributed by atoms with E-state index in [0.29, 0.717) is 5.56 Å². The number of hydrogen-bond donors (Lipinski definition) is 1. The molecule has 3 aromatic rings. The number of ether oxygens (including phenoxy) is 1. The van der Waals surface area contributed by atoms with Crippen molar-refractivity contribution in [3.63, 3.8) is 0 Å². The summed E-state index contributed by atoms with van der Waals surface area (Å²) in [5.74, 6) is -3.24. The zero-order valence-electron chi connectivity index (χ0n) is 21.4. The van der Waals surface area contributed by atoms with Gasteiger partial charge in [-0.1, -0.05) is 66.7 Å². The molecule has 0 aliphatic carbocycles. The lowest BCUT2D eigenvalue weighted by Crippen LogP contribution is -2.52. The third kappa shape index (κ3) is 5.16. The second-order valence-electron chi connectivity index (χ2n) is 9.32. The number of carbonyl (C=O) groups is 4. The van der Waals surface area contributed by atoms with Gasteiger partial charge in [0, 0.05) is 6.20 Å². The number of nitrogens with one attached hydrogen (secondary N) is 1. The first-order valence-electron chi connectivity index (χ1n) is 12.5. The van der Waals surface area contributed by atoms with Crippen LogP contribution in [0.25, 0.3) is 6.08 Å². The Labute approximate surface area is 231 Å². The van der Waals surface area contributed by atoms with Gasteiger partial charge in [0.15, 0.2) is 0 Å². The van der Waals surface area contributed by atoms with E-state index >= 15 is 0 Å². The van der Waals surface area contributed by atoms with Gasteiger partial charge in [0.2, 0.25) is 5.91 Å². The molecule has 3 aromatic carbocycles.